The normalized spacial score (nSPS) is 24.1. The third kappa shape index (κ3) is 3.93. The van der Waals surface area contributed by atoms with Crippen molar-refractivity contribution in [2.24, 2.45) is 11.3 Å². The second kappa shape index (κ2) is 6.37. The summed E-state index contributed by atoms with van der Waals surface area (Å²) in [5, 5.41) is 14.8. The molecule has 3 N–H and O–H groups in total. The van der Waals surface area contributed by atoms with Crippen molar-refractivity contribution in [3.8, 4) is 0 Å². The van der Waals surface area contributed by atoms with Gasteiger partial charge >= 0.3 is 5.97 Å². The van der Waals surface area contributed by atoms with Crippen LogP contribution in [0.1, 0.15) is 44.9 Å². The molecule has 1 atom stereocenters. The lowest BCUT2D eigenvalue weighted by Gasteiger charge is -2.23. The molecule has 1 saturated carbocycles. The number of piperidine rings is 1. The molecule has 5 heteroatoms. The van der Waals surface area contributed by atoms with Gasteiger partial charge in [0.15, 0.2) is 0 Å². The van der Waals surface area contributed by atoms with Gasteiger partial charge in [0, 0.05) is 18.9 Å². The van der Waals surface area contributed by atoms with E-state index in [4.69, 9.17) is 5.11 Å². The predicted octanol–water partition coefficient (Wildman–Crippen LogP) is 1.14. The van der Waals surface area contributed by atoms with E-state index in [-0.39, 0.29) is 18.2 Å². The summed E-state index contributed by atoms with van der Waals surface area (Å²) in [6.45, 7) is 2.77. The van der Waals surface area contributed by atoms with Gasteiger partial charge in [0.2, 0.25) is 5.91 Å². The molecule has 0 aromatic rings. The summed E-state index contributed by atoms with van der Waals surface area (Å²) in [7, 11) is 0. The molecule has 2 fully saturated rings. The van der Waals surface area contributed by atoms with Crippen LogP contribution in [0.5, 0.6) is 0 Å². The molecule has 0 bridgehead atoms. The Morgan fingerprint density at radius 3 is 2.63 bits per heavy atom. The summed E-state index contributed by atoms with van der Waals surface area (Å²) < 4.78 is 0. The van der Waals surface area contributed by atoms with Crippen molar-refractivity contribution in [1.29, 1.82) is 0 Å². The van der Waals surface area contributed by atoms with Crippen molar-refractivity contribution in [1.82, 2.24) is 10.6 Å². The Morgan fingerprint density at radius 1 is 1.21 bits per heavy atom. The Morgan fingerprint density at radius 2 is 1.95 bits per heavy atom. The standard InChI is InChI=1S/C14H24N2O3/c17-12(18)4-2-1-3-7-16-13(19)11-10-14(11)5-8-15-9-6-14/h11,15H,1-10H2,(H,16,19)(H,17,18). The van der Waals surface area contributed by atoms with Gasteiger partial charge in [-0.05, 0) is 50.6 Å². The van der Waals surface area contributed by atoms with Gasteiger partial charge in [-0.3, -0.25) is 9.59 Å². The van der Waals surface area contributed by atoms with E-state index in [2.05, 4.69) is 10.6 Å². The highest BCUT2D eigenvalue weighted by Gasteiger charge is 2.57. The molecule has 1 amide bonds. The maximum Gasteiger partial charge on any atom is 0.303 e. The molecular formula is C14H24N2O3. The van der Waals surface area contributed by atoms with E-state index in [1.54, 1.807) is 0 Å². The van der Waals surface area contributed by atoms with Crippen LogP contribution >= 0.6 is 0 Å². The number of amides is 1. The van der Waals surface area contributed by atoms with Gasteiger partial charge in [-0.2, -0.15) is 0 Å². The van der Waals surface area contributed by atoms with Gasteiger partial charge in [0.1, 0.15) is 0 Å². The first kappa shape index (κ1) is 14.3. The largest absolute Gasteiger partial charge is 0.481 e. The average Bonchev–Trinajstić information content (AvgIpc) is 3.07. The first-order valence-electron chi connectivity index (χ1n) is 7.34. The number of carbonyl (C=O) groups excluding carboxylic acids is 1. The molecule has 1 spiro atoms. The number of rotatable bonds is 7. The lowest BCUT2D eigenvalue weighted by atomic mass is 9.92. The van der Waals surface area contributed by atoms with Crippen LogP contribution in [0.4, 0.5) is 0 Å². The van der Waals surface area contributed by atoms with Crippen molar-refractivity contribution in [2.75, 3.05) is 19.6 Å². The zero-order chi connectivity index (χ0) is 13.7. The molecule has 0 radical (unpaired) electrons. The minimum absolute atomic E-state index is 0.208. The molecule has 2 aliphatic rings. The predicted molar refractivity (Wildman–Crippen MR) is 71.8 cm³/mol. The van der Waals surface area contributed by atoms with Crippen LogP contribution in [0.15, 0.2) is 0 Å². The van der Waals surface area contributed by atoms with Crippen molar-refractivity contribution >= 4 is 11.9 Å². The maximum absolute atomic E-state index is 12.0. The SMILES string of the molecule is O=C(O)CCCCCNC(=O)C1CC12CCNCC2. The topological polar surface area (TPSA) is 78.4 Å². The summed E-state index contributed by atoms with van der Waals surface area (Å²) in [4.78, 5) is 22.3. The summed E-state index contributed by atoms with van der Waals surface area (Å²) in [5.41, 5.74) is 0.304. The van der Waals surface area contributed by atoms with E-state index in [1.165, 1.54) is 0 Å². The number of aliphatic carboxylic acids is 1. The molecule has 0 aromatic carbocycles. The number of carbonyl (C=O) groups is 2. The van der Waals surface area contributed by atoms with Crippen LogP contribution in [-0.4, -0.2) is 36.6 Å². The zero-order valence-corrected chi connectivity index (χ0v) is 11.4. The summed E-state index contributed by atoms with van der Waals surface area (Å²) in [6, 6.07) is 0. The highest BCUT2D eigenvalue weighted by Crippen LogP contribution is 2.58. The summed E-state index contributed by atoms with van der Waals surface area (Å²) in [5.74, 6) is -0.302. The van der Waals surface area contributed by atoms with Crippen molar-refractivity contribution in [3.63, 3.8) is 0 Å². The number of hydrogen-bond donors (Lipinski definition) is 3. The van der Waals surface area contributed by atoms with E-state index in [1.807, 2.05) is 0 Å². The minimum Gasteiger partial charge on any atom is -0.481 e. The van der Waals surface area contributed by atoms with Crippen LogP contribution in [0.2, 0.25) is 0 Å². The Hall–Kier alpha value is -1.10. The van der Waals surface area contributed by atoms with E-state index >= 15 is 0 Å². The summed E-state index contributed by atoms with van der Waals surface area (Å²) in [6.07, 6.45) is 5.98. The lowest BCUT2D eigenvalue weighted by molar-refractivity contribution is -0.137. The molecular weight excluding hydrogens is 244 g/mol. The van der Waals surface area contributed by atoms with E-state index in [0.717, 1.165) is 45.2 Å². The van der Waals surface area contributed by atoms with Crippen molar-refractivity contribution in [3.05, 3.63) is 0 Å². The lowest BCUT2D eigenvalue weighted by Crippen LogP contribution is -2.34. The Labute approximate surface area is 114 Å². The van der Waals surface area contributed by atoms with Crippen LogP contribution in [0.3, 0.4) is 0 Å². The first-order chi connectivity index (χ1) is 9.14. The summed E-state index contributed by atoms with van der Waals surface area (Å²) >= 11 is 0. The fraction of sp³-hybridized carbons (Fsp3) is 0.857. The maximum atomic E-state index is 12.0. The monoisotopic (exact) mass is 268 g/mol. The van der Waals surface area contributed by atoms with Crippen LogP contribution < -0.4 is 10.6 Å². The molecule has 0 aromatic heterocycles. The molecule has 1 heterocycles. The van der Waals surface area contributed by atoms with Crippen molar-refractivity contribution < 1.29 is 14.7 Å². The Kier molecular flexibility index (Phi) is 4.80. The molecule has 5 nitrogen and oxygen atoms in total. The van der Waals surface area contributed by atoms with Crippen LogP contribution in [0.25, 0.3) is 0 Å². The van der Waals surface area contributed by atoms with Crippen molar-refractivity contribution in [2.45, 2.75) is 44.9 Å². The highest BCUT2D eigenvalue weighted by molar-refractivity contribution is 5.82. The van der Waals surface area contributed by atoms with Crippen LogP contribution in [-0.2, 0) is 9.59 Å². The molecule has 19 heavy (non-hydrogen) atoms. The van der Waals surface area contributed by atoms with E-state index in [0.29, 0.717) is 18.4 Å². The number of hydrogen-bond acceptors (Lipinski definition) is 3. The smallest absolute Gasteiger partial charge is 0.303 e. The third-order valence-electron chi connectivity index (χ3n) is 4.47. The minimum atomic E-state index is -0.741. The molecule has 1 aliphatic carbocycles. The second-order valence-corrected chi connectivity index (χ2v) is 5.86. The quantitative estimate of drug-likeness (QED) is 0.605. The Balaban J connectivity index is 1.55. The van der Waals surface area contributed by atoms with E-state index in [9.17, 15) is 9.59 Å². The fourth-order valence-electron chi connectivity index (χ4n) is 3.11. The highest BCUT2D eigenvalue weighted by atomic mass is 16.4. The van der Waals surface area contributed by atoms with Gasteiger partial charge in [0.05, 0.1) is 0 Å². The molecule has 1 aliphatic heterocycles. The van der Waals surface area contributed by atoms with Gasteiger partial charge < -0.3 is 15.7 Å². The second-order valence-electron chi connectivity index (χ2n) is 5.86. The molecule has 108 valence electrons. The molecule has 1 unspecified atom stereocenters. The van der Waals surface area contributed by atoms with Gasteiger partial charge in [0.25, 0.3) is 0 Å². The zero-order valence-electron chi connectivity index (χ0n) is 11.4. The van der Waals surface area contributed by atoms with E-state index < -0.39 is 5.97 Å². The number of carboxylic acid groups (broad SMARTS) is 1. The number of nitrogens with one attached hydrogen (secondary N) is 2. The first-order valence-corrected chi connectivity index (χ1v) is 7.34. The average molecular weight is 268 g/mol. The Bertz CT molecular complexity index is 338. The van der Waals surface area contributed by atoms with Gasteiger partial charge in [-0.25, -0.2) is 0 Å². The van der Waals surface area contributed by atoms with Gasteiger partial charge in [-0.15, -0.1) is 0 Å². The molecule has 1 saturated heterocycles. The fourth-order valence-corrected chi connectivity index (χ4v) is 3.11. The number of carboxylic acids is 1. The van der Waals surface area contributed by atoms with Crippen LogP contribution in [0, 0.1) is 11.3 Å². The number of unbranched alkanes of at least 4 members (excludes halogenated alkanes) is 2. The third-order valence-corrected chi connectivity index (χ3v) is 4.47. The molecule has 2 rings (SSSR count). The van der Waals surface area contributed by atoms with Gasteiger partial charge in [-0.1, -0.05) is 6.42 Å².